The zero-order valence-corrected chi connectivity index (χ0v) is 11.3. The minimum atomic E-state index is -0.783. The first-order valence-electron chi connectivity index (χ1n) is 6.48. The van der Waals surface area contributed by atoms with Gasteiger partial charge < -0.3 is 5.32 Å². The summed E-state index contributed by atoms with van der Waals surface area (Å²) in [4.78, 5) is 2.77. The van der Waals surface area contributed by atoms with Gasteiger partial charge in [-0.15, -0.1) is 11.3 Å². The van der Waals surface area contributed by atoms with Crippen LogP contribution in [0.4, 0.5) is 8.78 Å². The van der Waals surface area contributed by atoms with Crippen molar-refractivity contribution in [3.63, 3.8) is 0 Å². The van der Waals surface area contributed by atoms with Crippen LogP contribution in [-0.4, -0.2) is 0 Å². The predicted octanol–water partition coefficient (Wildman–Crippen LogP) is 3.80. The Labute approximate surface area is 115 Å². The van der Waals surface area contributed by atoms with Gasteiger partial charge in [0.25, 0.3) is 0 Å². The van der Waals surface area contributed by atoms with E-state index in [-0.39, 0.29) is 0 Å². The summed E-state index contributed by atoms with van der Waals surface area (Å²) >= 11 is 1.83. The molecule has 0 amide bonds. The summed E-state index contributed by atoms with van der Waals surface area (Å²) in [5.74, 6) is -1.53. The smallest absolute Gasteiger partial charge is 0.163 e. The van der Waals surface area contributed by atoms with Gasteiger partial charge >= 0.3 is 0 Å². The number of fused-ring (bicyclic) bond motifs is 1. The van der Waals surface area contributed by atoms with Gasteiger partial charge in [0.1, 0.15) is 0 Å². The lowest BCUT2D eigenvalue weighted by Gasteiger charge is -2.05. The number of hydrogen-bond acceptors (Lipinski definition) is 2. The van der Waals surface area contributed by atoms with Crippen LogP contribution in [0.3, 0.4) is 0 Å². The second-order valence-electron chi connectivity index (χ2n) is 4.83. The van der Waals surface area contributed by atoms with Gasteiger partial charge in [0, 0.05) is 28.4 Å². The number of halogens is 2. The highest BCUT2D eigenvalue weighted by atomic mass is 32.1. The van der Waals surface area contributed by atoms with E-state index in [1.165, 1.54) is 40.6 Å². The monoisotopic (exact) mass is 279 g/mol. The van der Waals surface area contributed by atoms with Crippen LogP contribution in [0.2, 0.25) is 0 Å². The minimum absolute atomic E-state index is 0.353. The molecule has 100 valence electrons. The Bertz CT molecular complexity index is 570. The molecule has 0 aliphatic heterocycles. The van der Waals surface area contributed by atoms with Crippen molar-refractivity contribution in [2.75, 3.05) is 0 Å². The number of nitrogens with one attached hydrogen (secondary N) is 1. The molecule has 4 heteroatoms. The van der Waals surface area contributed by atoms with E-state index in [2.05, 4.69) is 11.4 Å². The van der Waals surface area contributed by atoms with Crippen molar-refractivity contribution in [2.45, 2.75) is 32.4 Å². The van der Waals surface area contributed by atoms with Crippen LogP contribution in [0.15, 0.2) is 24.3 Å². The molecule has 1 aliphatic carbocycles. The molecule has 1 heterocycles. The van der Waals surface area contributed by atoms with Crippen molar-refractivity contribution >= 4 is 11.3 Å². The SMILES string of the molecule is Fc1cccc(CNCc2cc3c(s2)CCC3)c1F. The second kappa shape index (κ2) is 5.39. The molecule has 0 saturated heterocycles. The van der Waals surface area contributed by atoms with E-state index < -0.39 is 11.6 Å². The van der Waals surface area contributed by atoms with Crippen molar-refractivity contribution in [2.24, 2.45) is 0 Å². The second-order valence-corrected chi connectivity index (χ2v) is 6.05. The Morgan fingerprint density at radius 2 is 2.05 bits per heavy atom. The molecule has 1 aliphatic rings. The molecule has 1 aromatic carbocycles. The molecule has 0 spiro atoms. The summed E-state index contributed by atoms with van der Waals surface area (Å²) in [6, 6.07) is 6.53. The lowest BCUT2D eigenvalue weighted by molar-refractivity contribution is 0.493. The van der Waals surface area contributed by atoms with E-state index in [4.69, 9.17) is 0 Å². The highest BCUT2D eigenvalue weighted by molar-refractivity contribution is 7.12. The van der Waals surface area contributed by atoms with E-state index in [0.717, 1.165) is 6.07 Å². The fourth-order valence-corrected chi connectivity index (χ4v) is 3.71. The first-order chi connectivity index (χ1) is 9.24. The number of benzene rings is 1. The van der Waals surface area contributed by atoms with Gasteiger partial charge in [-0.25, -0.2) is 8.78 Å². The molecule has 3 rings (SSSR count). The predicted molar refractivity (Wildman–Crippen MR) is 73.2 cm³/mol. The van der Waals surface area contributed by atoms with Crippen LogP contribution in [0.25, 0.3) is 0 Å². The Balaban J connectivity index is 1.59. The van der Waals surface area contributed by atoms with Crippen molar-refractivity contribution in [3.05, 3.63) is 56.8 Å². The van der Waals surface area contributed by atoms with Gasteiger partial charge in [0.2, 0.25) is 0 Å². The summed E-state index contributed by atoms with van der Waals surface area (Å²) in [7, 11) is 0. The van der Waals surface area contributed by atoms with E-state index >= 15 is 0 Å². The molecule has 2 aromatic rings. The van der Waals surface area contributed by atoms with Crippen molar-refractivity contribution in [1.29, 1.82) is 0 Å². The molecular formula is C15H15F2NS. The maximum atomic E-state index is 13.4. The Morgan fingerprint density at radius 3 is 2.89 bits per heavy atom. The molecule has 0 radical (unpaired) electrons. The first kappa shape index (κ1) is 12.8. The van der Waals surface area contributed by atoms with Gasteiger partial charge in [-0.3, -0.25) is 0 Å². The van der Waals surface area contributed by atoms with E-state index in [1.807, 2.05) is 11.3 Å². The average molecular weight is 279 g/mol. The molecular weight excluding hydrogens is 264 g/mol. The summed E-state index contributed by atoms with van der Waals surface area (Å²) in [5.41, 5.74) is 1.85. The van der Waals surface area contributed by atoms with Crippen LogP contribution in [0.5, 0.6) is 0 Å². The average Bonchev–Trinajstić information content (AvgIpc) is 2.95. The number of aryl methyl sites for hydroxylation is 2. The molecule has 0 fully saturated rings. The maximum absolute atomic E-state index is 13.4. The maximum Gasteiger partial charge on any atom is 0.163 e. The molecule has 0 unspecified atom stereocenters. The standard InChI is InChI=1S/C15H15F2NS/c16-13-5-1-4-11(15(13)17)8-18-9-12-7-10-3-2-6-14(10)19-12/h1,4-5,7,18H,2-3,6,8-9H2. The normalized spacial score (nSPS) is 13.8. The van der Waals surface area contributed by atoms with Gasteiger partial charge in [-0.2, -0.15) is 0 Å². The summed E-state index contributed by atoms with van der Waals surface area (Å²) < 4.78 is 26.5. The van der Waals surface area contributed by atoms with Crippen molar-refractivity contribution in [1.82, 2.24) is 5.32 Å². The highest BCUT2D eigenvalue weighted by Crippen LogP contribution is 2.30. The fraction of sp³-hybridized carbons (Fsp3) is 0.333. The lowest BCUT2D eigenvalue weighted by Crippen LogP contribution is -2.13. The number of hydrogen-bond donors (Lipinski definition) is 1. The van der Waals surface area contributed by atoms with Crippen molar-refractivity contribution < 1.29 is 8.78 Å². The van der Waals surface area contributed by atoms with Crippen molar-refractivity contribution in [3.8, 4) is 0 Å². The third kappa shape index (κ3) is 2.69. The van der Waals surface area contributed by atoms with Gasteiger partial charge in [0.15, 0.2) is 11.6 Å². The van der Waals surface area contributed by atoms with E-state index in [9.17, 15) is 8.78 Å². The zero-order chi connectivity index (χ0) is 13.2. The van der Waals surface area contributed by atoms with Crippen LogP contribution in [0.1, 0.15) is 27.3 Å². The Hall–Kier alpha value is -1.26. The van der Waals surface area contributed by atoms with Crippen LogP contribution < -0.4 is 5.32 Å². The Morgan fingerprint density at radius 1 is 1.16 bits per heavy atom. The van der Waals surface area contributed by atoms with Gasteiger partial charge in [-0.1, -0.05) is 12.1 Å². The third-order valence-corrected chi connectivity index (χ3v) is 4.68. The fourth-order valence-electron chi connectivity index (χ4n) is 2.48. The topological polar surface area (TPSA) is 12.0 Å². The summed E-state index contributed by atoms with van der Waals surface area (Å²) in [5, 5.41) is 3.18. The number of rotatable bonds is 4. The highest BCUT2D eigenvalue weighted by Gasteiger charge is 2.14. The molecule has 0 bridgehead atoms. The summed E-state index contributed by atoms with van der Waals surface area (Å²) in [6.45, 7) is 1.07. The van der Waals surface area contributed by atoms with Crippen LogP contribution >= 0.6 is 11.3 Å². The molecule has 1 N–H and O–H groups in total. The van der Waals surface area contributed by atoms with E-state index in [0.29, 0.717) is 18.7 Å². The first-order valence-corrected chi connectivity index (χ1v) is 7.30. The zero-order valence-electron chi connectivity index (χ0n) is 10.5. The van der Waals surface area contributed by atoms with Crippen LogP contribution in [-0.2, 0) is 25.9 Å². The third-order valence-electron chi connectivity index (χ3n) is 3.44. The van der Waals surface area contributed by atoms with Gasteiger partial charge in [-0.05, 0) is 37.0 Å². The molecule has 1 aromatic heterocycles. The van der Waals surface area contributed by atoms with E-state index in [1.54, 1.807) is 6.07 Å². The minimum Gasteiger partial charge on any atom is -0.308 e. The molecule has 0 saturated carbocycles. The van der Waals surface area contributed by atoms with Crippen LogP contribution in [0, 0.1) is 11.6 Å². The lowest BCUT2D eigenvalue weighted by atomic mass is 10.2. The molecule has 1 nitrogen and oxygen atoms in total. The summed E-state index contributed by atoms with van der Waals surface area (Å²) in [6.07, 6.45) is 3.65. The largest absolute Gasteiger partial charge is 0.308 e. The van der Waals surface area contributed by atoms with Gasteiger partial charge in [0.05, 0.1) is 0 Å². The molecule has 0 atom stereocenters. The Kier molecular flexibility index (Phi) is 3.62. The number of thiophene rings is 1. The quantitative estimate of drug-likeness (QED) is 0.897. The molecule has 19 heavy (non-hydrogen) atoms.